The predicted molar refractivity (Wildman–Crippen MR) is 82.4 cm³/mol. The second-order valence-electron chi connectivity index (χ2n) is 5.47. The SMILES string of the molecule is O=C(Cn1ccnn1)N[C@@H]1CCOC[C@H]1OCc1ccccc1. The third kappa shape index (κ3) is 4.61. The van der Waals surface area contributed by atoms with Gasteiger partial charge in [0.05, 0.1) is 25.5 Å². The van der Waals surface area contributed by atoms with Crippen molar-refractivity contribution in [1.82, 2.24) is 20.3 Å². The molecule has 7 nitrogen and oxygen atoms in total. The summed E-state index contributed by atoms with van der Waals surface area (Å²) in [6, 6.07) is 9.91. The van der Waals surface area contributed by atoms with Crippen LogP contribution in [0.2, 0.25) is 0 Å². The fourth-order valence-electron chi connectivity index (χ4n) is 2.54. The molecule has 0 saturated carbocycles. The maximum atomic E-state index is 12.1. The highest BCUT2D eigenvalue weighted by Gasteiger charge is 2.28. The molecule has 1 N–H and O–H groups in total. The lowest BCUT2D eigenvalue weighted by atomic mass is 10.1. The van der Waals surface area contributed by atoms with E-state index in [1.165, 1.54) is 4.68 Å². The molecule has 3 rings (SSSR count). The molecule has 122 valence electrons. The van der Waals surface area contributed by atoms with Crippen LogP contribution in [0.3, 0.4) is 0 Å². The molecule has 2 atom stereocenters. The van der Waals surface area contributed by atoms with E-state index in [9.17, 15) is 4.79 Å². The van der Waals surface area contributed by atoms with Gasteiger partial charge in [-0.3, -0.25) is 4.79 Å². The van der Waals surface area contributed by atoms with Crippen molar-refractivity contribution in [1.29, 1.82) is 0 Å². The van der Waals surface area contributed by atoms with Gasteiger partial charge in [-0.25, -0.2) is 4.68 Å². The van der Waals surface area contributed by atoms with E-state index in [1.807, 2.05) is 30.3 Å². The topological polar surface area (TPSA) is 78.3 Å². The van der Waals surface area contributed by atoms with E-state index < -0.39 is 0 Å². The Hall–Kier alpha value is -2.25. The van der Waals surface area contributed by atoms with E-state index in [0.29, 0.717) is 19.8 Å². The number of benzene rings is 1. The summed E-state index contributed by atoms with van der Waals surface area (Å²) in [7, 11) is 0. The first-order valence-corrected chi connectivity index (χ1v) is 7.68. The van der Waals surface area contributed by atoms with Crippen molar-refractivity contribution < 1.29 is 14.3 Å². The standard InChI is InChI=1S/C16H20N4O3/c21-16(10-20-8-7-17-19-20)18-14-6-9-22-12-15(14)23-11-13-4-2-1-3-5-13/h1-5,7-8,14-15H,6,9-12H2,(H,18,21)/t14-,15-/m1/s1. The summed E-state index contributed by atoms with van der Waals surface area (Å²) in [5.41, 5.74) is 1.10. The number of ether oxygens (including phenoxy) is 2. The smallest absolute Gasteiger partial charge is 0.242 e. The number of aromatic nitrogens is 3. The van der Waals surface area contributed by atoms with Gasteiger partial charge in [0.1, 0.15) is 12.6 Å². The summed E-state index contributed by atoms with van der Waals surface area (Å²) < 4.78 is 12.9. The lowest BCUT2D eigenvalue weighted by Gasteiger charge is -2.32. The van der Waals surface area contributed by atoms with Crippen molar-refractivity contribution in [2.24, 2.45) is 0 Å². The molecule has 0 aliphatic carbocycles. The summed E-state index contributed by atoms with van der Waals surface area (Å²) in [6.07, 6.45) is 3.80. The monoisotopic (exact) mass is 316 g/mol. The molecule has 0 unspecified atom stereocenters. The highest BCUT2D eigenvalue weighted by Crippen LogP contribution is 2.14. The zero-order chi connectivity index (χ0) is 15.9. The van der Waals surface area contributed by atoms with Gasteiger partial charge in [0, 0.05) is 12.8 Å². The van der Waals surface area contributed by atoms with Crippen LogP contribution in [0.5, 0.6) is 0 Å². The van der Waals surface area contributed by atoms with Crippen molar-refractivity contribution in [2.75, 3.05) is 13.2 Å². The number of nitrogens with one attached hydrogen (secondary N) is 1. The summed E-state index contributed by atoms with van der Waals surface area (Å²) in [6.45, 7) is 1.77. The summed E-state index contributed by atoms with van der Waals surface area (Å²) in [5.74, 6) is -0.101. The molecule has 1 fully saturated rings. The van der Waals surface area contributed by atoms with Crippen molar-refractivity contribution >= 4 is 5.91 Å². The third-order valence-corrected chi connectivity index (χ3v) is 3.73. The number of rotatable bonds is 6. The van der Waals surface area contributed by atoms with Crippen LogP contribution in [0, 0.1) is 0 Å². The van der Waals surface area contributed by atoms with Gasteiger partial charge in [-0.1, -0.05) is 35.5 Å². The molecule has 1 aromatic heterocycles. The molecule has 23 heavy (non-hydrogen) atoms. The van der Waals surface area contributed by atoms with Gasteiger partial charge in [-0.15, -0.1) is 5.10 Å². The van der Waals surface area contributed by atoms with Gasteiger partial charge in [-0.2, -0.15) is 0 Å². The first-order valence-electron chi connectivity index (χ1n) is 7.68. The summed E-state index contributed by atoms with van der Waals surface area (Å²) in [5, 5.41) is 10.5. The number of carbonyl (C=O) groups excluding carboxylic acids is 1. The van der Waals surface area contributed by atoms with Crippen LogP contribution in [-0.2, 0) is 27.4 Å². The molecule has 0 spiro atoms. The molecule has 2 aromatic rings. The van der Waals surface area contributed by atoms with E-state index in [2.05, 4.69) is 15.6 Å². The molecule has 1 aliphatic heterocycles. The Morgan fingerprint density at radius 1 is 1.39 bits per heavy atom. The Morgan fingerprint density at radius 2 is 2.26 bits per heavy atom. The van der Waals surface area contributed by atoms with Gasteiger partial charge in [0.15, 0.2) is 0 Å². The van der Waals surface area contributed by atoms with Crippen LogP contribution in [0.25, 0.3) is 0 Å². The lowest BCUT2D eigenvalue weighted by Crippen LogP contribution is -2.50. The van der Waals surface area contributed by atoms with Crippen LogP contribution in [0.15, 0.2) is 42.7 Å². The van der Waals surface area contributed by atoms with E-state index in [1.54, 1.807) is 12.4 Å². The van der Waals surface area contributed by atoms with Crippen molar-refractivity contribution in [3.63, 3.8) is 0 Å². The first-order chi connectivity index (χ1) is 11.3. The fraction of sp³-hybridized carbons (Fsp3) is 0.438. The molecule has 1 aromatic carbocycles. The van der Waals surface area contributed by atoms with Crippen LogP contribution in [0.1, 0.15) is 12.0 Å². The molecule has 7 heteroatoms. The number of hydrogen-bond donors (Lipinski definition) is 1. The van der Waals surface area contributed by atoms with E-state index in [-0.39, 0.29) is 24.6 Å². The highest BCUT2D eigenvalue weighted by molar-refractivity contribution is 5.76. The Labute approximate surface area is 134 Å². The first kappa shape index (κ1) is 15.6. The van der Waals surface area contributed by atoms with Crippen LogP contribution < -0.4 is 5.32 Å². The number of nitrogens with zero attached hydrogens (tertiary/aromatic N) is 3. The van der Waals surface area contributed by atoms with E-state index in [4.69, 9.17) is 9.47 Å². The fourth-order valence-corrected chi connectivity index (χ4v) is 2.54. The van der Waals surface area contributed by atoms with Gasteiger partial charge >= 0.3 is 0 Å². The lowest BCUT2D eigenvalue weighted by molar-refractivity contribution is -0.127. The van der Waals surface area contributed by atoms with Crippen LogP contribution in [0.4, 0.5) is 0 Å². The van der Waals surface area contributed by atoms with Crippen LogP contribution in [-0.4, -0.2) is 46.3 Å². The molecule has 1 amide bonds. The number of amides is 1. The third-order valence-electron chi connectivity index (χ3n) is 3.73. The Balaban J connectivity index is 1.52. The molecular weight excluding hydrogens is 296 g/mol. The maximum Gasteiger partial charge on any atom is 0.242 e. The minimum atomic E-state index is -0.149. The minimum Gasteiger partial charge on any atom is -0.379 e. The Morgan fingerprint density at radius 3 is 3.04 bits per heavy atom. The Kier molecular flexibility index (Phi) is 5.33. The number of carbonyl (C=O) groups is 1. The molecule has 2 heterocycles. The van der Waals surface area contributed by atoms with Gasteiger partial charge < -0.3 is 14.8 Å². The van der Waals surface area contributed by atoms with Crippen molar-refractivity contribution in [3.8, 4) is 0 Å². The highest BCUT2D eigenvalue weighted by atomic mass is 16.5. The second-order valence-corrected chi connectivity index (χ2v) is 5.47. The normalized spacial score (nSPS) is 21.0. The number of hydrogen-bond acceptors (Lipinski definition) is 5. The minimum absolute atomic E-state index is 0.0523. The van der Waals surface area contributed by atoms with Gasteiger partial charge in [0.25, 0.3) is 0 Å². The summed E-state index contributed by atoms with van der Waals surface area (Å²) >= 11 is 0. The quantitative estimate of drug-likeness (QED) is 0.851. The molecule has 1 aliphatic rings. The molecule has 1 saturated heterocycles. The van der Waals surface area contributed by atoms with E-state index in [0.717, 1.165) is 12.0 Å². The zero-order valence-corrected chi connectivity index (χ0v) is 12.8. The largest absolute Gasteiger partial charge is 0.379 e. The Bertz CT molecular complexity index is 603. The van der Waals surface area contributed by atoms with Crippen molar-refractivity contribution in [2.45, 2.75) is 31.7 Å². The summed E-state index contributed by atoms with van der Waals surface area (Å²) in [4.78, 5) is 12.1. The van der Waals surface area contributed by atoms with E-state index >= 15 is 0 Å². The van der Waals surface area contributed by atoms with Crippen LogP contribution >= 0.6 is 0 Å². The molecular formula is C16H20N4O3. The van der Waals surface area contributed by atoms with Crippen molar-refractivity contribution in [3.05, 3.63) is 48.3 Å². The molecule has 0 radical (unpaired) electrons. The average Bonchev–Trinajstić information content (AvgIpc) is 3.08. The average molecular weight is 316 g/mol. The zero-order valence-electron chi connectivity index (χ0n) is 12.8. The second kappa shape index (κ2) is 7.85. The maximum absolute atomic E-state index is 12.1. The van der Waals surface area contributed by atoms with Gasteiger partial charge in [0.2, 0.25) is 5.91 Å². The molecule has 0 bridgehead atoms. The predicted octanol–water partition coefficient (Wildman–Crippen LogP) is 0.769. The van der Waals surface area contributed by atoms with Gasteiger partial charge in [-0.05, 0) is 12.0 Å².